The number of aliphatic hydroxyl groups excluding tert-OH is 2. The highest BCUT2D eigenvalue weighted by Crippen LogP contribution is 2.26. The van der Waals surface area contributed by atoms with E-state index >= 15 is 0 Å². The van der Waals surface area contributed by atoms with Crippen molar-refractivity contribution in [2.75, 3.05) is 13.2 Å². The summed E-state index contributed by atoms with van der Waals surface area (Å²) in [6, 6.07) is 0. The molecule has 12 heteroatoms. The van der Waals surface area contributed by atoms with Gasteiger partial charge in [0.1, 0.15) is 18.8 Å². The molecule has 0 aromatic heterocycles. The van der Waals surface area contributed by atoms with Crippen molar-refractivity contribution in [3.63, 3.8) is 0 Å². The van der Waals surface area contributed by atoms with E-state index in [0.717, 1.165) is 89.9 Å². The molecule has 1 fully saturated rings. The number of unbranched alkanes of at least 4 members (excludes halogenated alkanes) is 28. The molecule has 0 bridgehead atoms. The second-order valence-electron chi connectivity index (χ2n) is 20.3. The maximum atomic E-state index is 13.1. The topological polar surface area (TPSA) is 175 Å². The molecular formula is C61H106O12. The lowest BCUT2D eigenvalue weighted by atomic mass is 9.98. The minimum Gasteiger partial charge on any atom is -0.479 e. The third-order valence-electron chi connectivity index (χ3n) is 13.4. The molecule has 0 saturated carbocycles. The second kappa shape index (κ2) is 49.6. The molecule has 12 nitrogen and oxygen atoms in total. The first kappa shape index (κ1) is 67.7. The van der Waals surface area contributed by atoms with Gasteiger partial charge in [-0.05, 0) is 57.8 Å². The van der Waals surface area contributed by atoms with Crippen LogP contribution in [0.4, 0.5) is 0 Å². The van der Waals surface area contributed by atoms with E-state index < -0.39 is 67.3 Å². The highest BCUT2D eigenvalue weighted by atomic mass is 16.7. The van der Waals surface area contributed by atoms with Crippen LogP contribution in [0, 0.1) is 0 Å². The van der Waals surface area contributed by atoms with Crippen LogP contribution >= 0.6 is 0 Å². The van der Waals surface area contributed by atoms with Gasteiger partial charge in [0.25, 0.3) is 0 Å². The van der Waals surface area contributed by atoms with Crippen LogP contribution in [0.25, 0.3) is 0 Å². The van der Waals surface area contributed by atoms with Crippen molar-refractivity contribution in [1.29, 1.82) is 0 Å². The molecule has 422 valence electrons. The molecule has 1 aliphatic heterocycles. The van der Waals surface area contributed by atoms with Crippen molar-refractivity contribution >= 4 is 23.9 Å². The third kappa shape index (κ3) is 39.7. The van der Waals surface area contributed by atoms with Gasteiger partial charge in [0.15, 0.2) is 24.6 Å². The molecule has 1 saturated heterocycles. The standard InChI is InChI=1S/C61H106O12/c1-4-7-10-13-16-19-22-25-26-27-28-31-34-37-40-43-46-49-55(64)72-59-57(66)56(65)58(60(67)68)73-61(59)70-51-52(71-54(63)48-45-42-39-36-33-30-24-21-18-15-12-9-6-3)50-69-53(62)47-44-41-38-35-32-29-23-20-17-14-11-8-5-2/h7,10,16,19,25-26,28,31,52,56-59,61,65-66H,4-6,8-9,11-15,17-18,20-24,27,29-30,32-51H2,1-3H3,(H,67,68)/b10-7-,19-16-,26-25-,31-28-. The van der Waals surface area contributed by atoms with Gasteiger partial charge in [-0.25, -0.2) is 4.79 Å². The van der Waals surface area contributed by atoms with Crippen molar-refractivity contribution in [2.24, 2.45) is 0 Å². The Morgan fingerprint density at radius 2 is 0.863 bits per heavy atom. The first-order valence-electron chi connectivity index (χ1n) is 29.6. The predicted octanol–water partition coefficient (Wildman–Crippen LogP) is 15.0. The number of ether oxygens (including phenoxy) is 5. The Bertz CT molecular complexity index is 1460. The van der Waals surface area contributed by atoms with Crippen LogP contribution in [0.3, 0.4) is 0 Å². The van der Waals surface area contributed by atoms with Gasteiger partial charge in [-0.3, -0.25) is 14.4 Å². The molecule has 73 heavy (non-hydrogen) atoms. The number of carboxylic acids is 1. The summed E-state index contributed by atoms with van der Waals surface area (Å²) in [5.41, 5.74) is 0. The summed E-state index contributed by atoms with van der Waals surface area (Å²) < 4.78 is 28.4. The van der Waals surface area contributed by atoms with Crippen LogP contribution < -0.4 is 0 Å². The number of carboxylic acid groups (broad SMARTS) is 1. The normalized spacial score (nSPS) is 18.6. The Kier molecular flexibility index (Phi) is 45.9. The number of hydrogen-bond donors (Lipinski definition) is 3. The Hall–Kier alpha value is -3.32. The summed E-state index contributed by atoms with van der Waals surface area (Å²) in [6.45, 7) is 5.88. The quantitative estimate of drug-likeness (QED) is 0.0228. The summed E-state index contributed by atoms with van der Waals surface area (Å²) in [5, 5.41) is 31.5. The van der Waals surface area contributed by atoms with E-state index in [4.69, 9.17) is 23.7 Å². The van der Waals surface area contributed by atoms with Gasteiger partial charge in [-0.2, -0.15) is 0 Å². The Morgan fingerprint density at radius 3 is 1.32 bits per heavy atom. The number of esters is 3. The van der Waals surface area contributed by atoms with E-state index in [9.17, 15) is 34.5 Å². The van der Waals surface area contributed by atoms with Gasteiger partial charge in [0, 0.05) is 19.3 Å². The first-order chi connectivity index (χ1) is 35.6. The molecular weight excluding hydrogens is 925 g/mol. The first-order valence-corrected chi connectivity index (χ1v) is 29.6. The zero-order valence-corrected chi connectivity index (χ0v) is 46.4. The number of carbonyl (C=O) groups excluding carboxylic acids is 3. The Labute approximate surface area is 443 Å². The fourth-order valence-corrected chi connectivity index (χ4v) is 8.89. The summed E-state index contributed by atoms with van der Waals surface area (Å²) in [7, 11) is 0. The molecule has 0 aromatic rings. The summed E-state index contributed by atoms with van der Waals surface area (Å²) in [6.07, 6.45) is 46.5. The molecule has 3 N–H and O–H groups in total. The Morgan fingerprint density at radius 1 is 0.466 bits per heavy atom. The average Bonchev–Trinajstić information content (AvgIpc) is 3.37. The van der Waals surface area contributed by atoms with Gasteiger partial charge in [-0.15, -0.1) is 0 Å². The van der Waals surface area contributed by atoms with Crippen molar-refractivity contribution in [3.8, 4) is 0 Å². The van der Waals surface area contributed by atoms with E-state index in [0.29, 0.717) is 19.3 Å². The predicted molar refractivity (Wildman–Crippen MR) is 294 cm³/mol. The van der Waals surface area contributed by atoms with Gasteiger partial charge in [0.05, 0.1) is 6.61 Å². The fourth-order valence-electron chi connectivity index (χ4n) is 8.89. The van der Waals surface area contributed by atoms with Crippen molar-refractivity contribution in [1.82, 2.24) is 0 Å². The van der Waals surface area contributed by atoms with Crippen LogP contribution in [0.15, 0.2) is 48.6 Å². The second-order valence-corrected chi connectivity index (χ2v) is 20.3. The SMILES string of the molecule is CC/C=C\C/C=C\C/C=C\C/C=C\CCCCCCC(=O)OC1C(OCC(COC(=O)CCCCCCCCCCCCCCC)OC(=O)CCCCCCCCCCCCCCC)OC(C(=O)O)C(O)C1O. The monoisotopic (exact) mass is 1030 g/mol. The van der Waals surface area contributed by atoms with Gasteiger partial charge in [0.2, 0.25) is 0 Å². The smallest absolute Gasteiger partial charge is 0.335 e. The highest BCUT2D eigenvalue weighted by molar-refractivity contribution is 5.74. The molecule has 0 amide bonds. The highest BCUT2D eigenvalue weighted by Gasteiger charge is 2.50. The molecule has 0 radical (unpaired) electrons. The van der Waals surface area contributed by atoms with Crippen LogP contribution in [0.1, 0.15) is 265 Å². The van der Waals surface area contributed by atoms with Crippen LogP contribution in [-0.4, -0.2) is 89.2 Å². The lowest BCUT2D eigenvalue weighted by molar-refractivity contribution is -0.301. The lowest BCUT2D eigenvalue weighted by Crippen LogP contribution is -2.61. The molecule has 1 aliphatic rings. The van der Waals surface area contributed by atoms with Crippen LogP contribution in [-0.2, 0) is 42.9 Å². The molecule has 0 spiro atoms. The number of hydrogen-bond acceptors (Lipinski definition) is 11. The summed E-state index contributed by atoms with van der Waals surface area (Å²) in [5.74, 6) is -3.13. The fraction of sp³-hybridized carbons (Fsp3) is 0.803. The molecule has 1 rings (SSSR count). The third-order valence-corrected chi connectivity index (χ3v) is 13.4. The molecule has 6 unspecified atom stereocenters. The Balaban J connectivity index is 2.69. The average molecular weight is 1030 g/mol. The molecule has 0 aliphatic carbocycles. The van der Waals surface area contributed by atoms with E-state index in [2.05, 4.69) is 69.4 Å². The van der Waals surface area contributed by atoms with Crippen LogP contribution in [0.2, 0.25) is 0 Å². The maximum Gasteiger partial charge on any atom is 0.335 e. The summed E-state index contributed by atoms with van der Waals surface area (Å²) in [4.78, 5) is 51.1. The largest absolute Gasteiger partial charge is 0.479 e. The van der Waals surface area contributed by atoms with E-state index in [1.54, 1.807) is 0 Å². The van der Waals surface area contributed by atoms with E-state index in [1.807, 2.05) is 0 Å². The van der Waals surface area contributed by atoms with Crippen molar-refractivity contribution in [2.45, 2.75) is 302 Å². The molecule has 6 atom stereocenters. The minimum atomic E-state index is -1.91. The lowest BCUT2D eigenvalue weighted by Gasteiger charge is -2.40. The number of rotatable bonds is 50. The number of carbonyl (C=O) groups is 4. The maximum absolute atomic E-state index is 13.1. The minimum absolute atomic E-state index is 0.0347. The van der Waals surface area contributed by atoms with E-state index in [1.165, 1.54) is 116 Å². The van der Waals surface area contributed by atoms with Crippen molar-refractivity contribution in [3.05, 3.63) is 48.6 Å². The number of aliphatic hydroxyl groups is 2. The van der Waals surface area contributed by atoms with Crippen molar-refractivity contribution < 1.29 is 58.2 Å². The van der Waals surface area contributed by atoms with E-state index in [-0.39, 0.29) is 25.9 Å². The van der Waals surface area contributed by atoms with Gasteiger partial charge >= 0.3 is 23.9 Å². The van der Waals surface area contributed by atoms with Gasteiger partial charge < -0.3 is 39.0 Å². The molecule has 0 aromatic carbocycles. The zero-order valence-electron chi connectivity index (χ0n) is 46.4. The number of allylic oxidation sites excluding steroid dienone is 8. The summed E-state index contributed by atoms with van der Waals surface area (Å²) >= 11 is 0. The van der Waals surface area contributed by atoms with Crippen LogP contribution in [0.5, 0.6) is 0 Å². The zero-order chi connectivity index (χ0) is 53.3. The van der Waals surface area contributed by atoms with Gasteiger partial charge in [-0.1, -0.05) is 236 Å². The molecule has 1 heterocycles. The number of aliphatic carboxylic acids is 1.